The first-order valence-electron chi connectivity index (χ1n) is 6.81. The summed E-state index contributed by atoms with van der Waals surface area (Å²) < 4.78 is 37.6. The number of hydrogen-bond donors (Lipinski definition) is 1. The van der Waals surface area contributed by atoms with E-state index < -0.39 is 12.7 Å². The van der Waals surface area contributed by atoms with Gasteiger partial charge in [0.05, 0.1) is 12.2 Å². The highest BCUT2D eigenvalue weighted by molar-refractivity contribution is 5.43. The summed E-state index contributed by atoms with van der Waals surface area (Å²) in [5.41, 5.74) is 1.54. The van der Waals surface area contributed by atoms with Crippen molar-refractivity contribution >= 4 is 5.69 Å². The molecule has 0 saturated heterocycles. The molecule has 3 nitrogen and oxygen atoms in total. The number of halogens is 3. The molecule has 0 aromatic carbocycles. The summed E-state index contributed by atoms with van der Waals surface area (Å²) in [5.74, 6) is 0. The minimum atomic E-state index is -4.19. The molecule has 1 aromatic rings. The number of nitrogens with zero attached hydrogens (tertiary/aromatic N) is 2. The molecule has 0 aliphatic carbocycles. The molecule has 6 heteroatoms. The fraction of sp³-hybridized carbons (Fsp3) is 0.643. The van der Waals surface area contributed by atoms with Gasteiger partial charge in [0.1, 0.15) is 0 Å². The monoisotopic (exact) mass is 289 g/mol. The van der Waals surface area contributed by atoms with E-state index in [1.54, 1.807) is 26.1 Å². The number of pyridine rings is 1. The van der Waals surface area contributed by atoms with Gasteiger partial charge in [-0.3, -0.25) is 9.88 Å². The zero-order valence-corrected chi connectivity index (χ0v) is 12.2. The van der Waals surface area contributed by atoms with Crippen LogP contribution in [0.4, 0.5) is 18.9 Å². The lowest BCUT2D eigenvalue weighted by Crippen LogP contribution is -2.38. The number of hydrogen-bond acceptors (Lipinski definition) is 3. The average Bonchev–Trinajstić information content (AvgIpc) is 2.34. The van der Waals surface area contributed by atoms with Crippen LogP contribution in [0.15, 0.2) is 18.3 Å². The summed E-state index contributed by atoms with van der Waals surface area (Å²) in [6, 6.07) is 3.44. The van der Waals surface area contributed by atoms with Crippen LogP contribution in [-0.2, 0) is 6.54 Å². The lowest BCUT2D eigenvalue weighted by atomic mass is 10.2. The van der Waals surface area contributed by atoms with Crippen LogP contribution in [0.5, 0.6) is 0 Å². The van der Waals surface area contributed by atoms with Gasteiger partial charge in [0.2, 0.25) is 0 Å². The van der Waals surface area contributed by atoms with Gasteiger partial charge in [-0.25, -0.2) is 0 Å². The van der Waals surface area contributed by atoms with Crippen molar-refractivity contribution in [3.63, 3.8) is 0 Å². The summed E-state index contributed by atoms with van der Waals surface area (Å²) in [7, 11) is 0. The van der Waals surface area contributed by atoms with Gasteiger partial charge >= 0.3 is 6.18 Å². The maximum atomic E-state index is 12.5. The van der Waals surface area contributed by atoms with Crippen molar-refractivity contribution in [2.24, 2.45) is 0 Å². The SMILES string of the molecule is CCCNc1ccnc(CN(CC(F)(F)F)C(C)C)c1. The van der Waals surface area contributed by atoms with Crippen LogP contribution in [-0.4, -0.2) is 35.2 Å². The lowest BCUT2D eigenvalue weighted by molar-refractivity contribution is -0.151. The highest BCUT2D eigenvalue weighted by Gasteiger charge is 2.31. The Kier molecular flexibility index (Phi) is 6.26. The van der Waals surface area contributed by atoms with Crippen molar-refractivity contribution in [1.82, 2.24) is 9.88 Å². The van der Waals surface area contributed by atoms with E-state index in [4.69, 9.17) is 0 Å². The smallest absolute Gasteiger partial charge is 0.385 e. The van der Waals surface area contributed by atoms with Crippen LogP contribution < -0.4 is 5.32 Å². The van der Waals surface area contributed by atoms with Gasteiger partial charge in [-0.2, -0.15) is 13.2 Å². The minimum Gasteiger partial charge on any atom is -0.385 e. The van der Waals surface area contributed by atoms with E-state index in [1.165, 1.54) is 4.90 Å². The van der Waals surface area contributed by atoms with Gasteiger partial charge < -0.3 is 5.32 Å². The normalized spacial score (nSPS) is 12.2. The van der Waals surface area contributed by atoms with Gasteiger partial charge in [0.15, 0.2) is 0 Å². The van der Waals surface area contributed by atoms with Gasteiger partial charge in [0.25, 0.3) is 0 Å². The van der Waals surface area contributed by atoms with Crippen LogP contribution in [0, 0.1) is 0 Å². The van der Waals surface area contributed by atoms with Crippen molar-refractivity contribution in [2.45, 2.75) is 46.0 Å². The lowest BCUT2D eigenvalue weighted by Gasteiger charge is -2.27. The number of anilines is 1. The van der Waals surface area contributed by atoms with Gasteiger partial charge in [-0.05, 0) is 32.4 Å². The predicted molar refractivity (Wildman–Crippen MR) is 74.6 cm³/mol. The molecule has 1 heterocycles. The third kappa shape index (κ3) is 6.23. The molecule has 0 unspecified atom stereocenters. The molecule has 0 radical (unpaired) electrons. The van der Waals surface area contributed by atoms with Crippen molar-refractivity contribution in [2.75, 3.05) is 18.4 Å². The minimum absolute atomic E-state index is 0.189. The maximum Gasteiger partial charge on any atom is 0.401 e. The Morgan fingerprint density at radius 3 is 2.60 bits per heavy atom. The molecule has 0 aliphatic heterocycles. The molecule has 1 aromatic heterocycles. The molecule has 0 atom stereocenters. The van der Waals surface area contributed by atoms with E-state index in [9.17, 15) is 13.2 Å². The first-order valence-corrected chi connectivity index (χ1v) is 6.81. The maximum absolute atomic E-state index is 12.5. The number of rotatable bonds is 7. The number of nitrogens with one attached hydrogen (secondary N) is 1. The van der Waals surface area contributed by atoms with Gasteiger partial charge in [0, 0.05) is 31.0 Å². The van der Waals surface area contributed by atoms with Crippen molar-refractivity contribution in [3.05, 3.63) is 24.0 Å². The van der Waals surface area contributed by atoms with Crippen LogP contribution >= 0.6 is 0 Å². The molecule has 0 fully saturated rings. The average molecular weight is 289 g/mol. The topological polar surface area (TPSA) is 28.2 Å². The van der Waals surface area contributed by atoms with E-state index in [-0.39, 0.29) is 12.6 Å². The Balaban J connectivity index is 2.73. The molecule has 1 rings (SSSR count). The molecule has 0 aliphatic rings. The van der Waals surface area contributed by atoms with E-state index >= 15 is 0 Å². The van der Waals surface area contributed by atoms with E-state index in [0.717, 1.165) is 18.7 Å². The molecule has 114 valence electrons. The quantitative estimate of drug-likeness (QED) is 0.830. The zero-order chi connectivity index (χ0) is 15.2. The molecule has 0 saturated carbocycles. The highest BCUT2D eigenvalue weighted by atomic mass is 19.4. The van der Waals surface area contributed by atoms with E-state index in [0.29, 0.717) is 5.69 Å². The second-order valence-corrected chi connectivity index (χ2v) is 5.08. The first-order chi connectivity index (χ1) is 9.31. The molecular weight excluding hydrogens is 267 g/mol. The van der Waals surface area contributed by atoms with Crippen LogP contribution in [0.25, 0.3) is 0 Å². The Bertz CT molecular complexity index is 405. The highest BCUT2D eigenvalue weighted by Crippen LogP contribution is 2.20. The summed E-state index contributed by atoms with van der Waals surface area (Å²) in [6.45, 7) is 5.67. The second-order valence-electron chi connectivity index (χ2n) is 5.08. The largest absolute Gasteiger partial charge is 0.401 e. The first kappa shape index (κ1) is 16.8. The Morgan fingerprint density at radius 1 is 1.35 bits per heavy atom. The summed E-state index contributed by atoms with van der Waals surface area (Å²) in [5, 5.41) is 3.20. The third-order valence-corrected chi connectivity index (χ3v) is 2.87. The predicted octanol–water partition coefficient (Wildman–Crippen LogP) is 3.68. The van der Waals surface area contributed by atoms with E-state index in [2.05, 4.69) is 17.2 Å². The van der Waals surface area contributed by atoms with Gasteiger partial charge in [-0.15, -0.1) is 0 Å². The summed E-state index contributed by atoms with van der Waals surface area (Å²) in [6.07, 6.45) is -1.58. The summed E-state index contributed by atoms with van der Waals surface area (Å²) >= 11 is 0. The fourth-order valence-corrected chi connectivity index (χ4v) is 1.80. The van der Waals surface area contributed by atoms with Crippen LogP contribution in [0.2, 0.25) is 0 Å². The van der Waals surface area contributed by atoms with Crippen LogP contribution in [0.1, 0.15) is 32.9 Å². The van der Waals surface area contributed by atoms with E-state index in [1.807, 2.05) is 6.07 Å². The number of alkyl halides is 3. The molecule has 0 spiro atoms. The zero-order valence-electron chi connectivity index (χ0n) is 12.2. The Labute approximate surface area is 118 Å². The third-order valence-electron chi connectivity index (χ3n) is 2.87. The van der Waals surface area contributed by atoms with Crippen molar-refractivity contribution in [1.29, 1.82) is 0 Å². The Hall–Kier alpha value is -1.30. The fourth-order valence-electron chi connectivity index (χ4n) is 1.80. The molecular formula is C14H22F3N3. The Morgan fingerprint density at radius 2 is 2.05 bits per heavy atom. The molecule has 1 N–H and O–H groups in total. The molecule has 20 heavy (non-hydrogen) atoms. The summed E-state index contributed by atoms with van der Waals surface area (Å²) in [4.78, 5) is 5.52. The standard InChI is InChI=1S/C14H22F3N3/c1-4-6-18-12-5-7-19-13(8-12)9-20(11(2)3)10-14(15,16)17/h5,7-8,11H,4,6,9-10H2,1-3H3,(H,18,19). The van der Waals surface area contributed by atoms with Crippen molar-refractivity contribution < 1.29 is 13.2 Å². The molecule has 0 amide bonds. The van der Waals surface area contributed by atoms with Gasteiger partial charge in [-0.1, -0.05) is 6.92 Å². The molecule has 0 bridgehead atoms. The second kappa shape index (κ2) is 7.47. The van der Waals surface area contributed by atoms with Crippen molar-refractivity contribution in [3.8, 4) is 0 Å². The van der Waals surface area contributed by atoms with Crippen LogP contribution in [0.3, 0.4) is 0 Å². The number of aromatic nitrogens is 1.